The highest BCUT2D eigenvalue weighted by atomic mass is 16.4. The maximum absolute atomic E-state index is 10.8. The second-order valence-corrected chi connectivity index (χ2v) is 3.12. The molecule has 12 heavy (non-hydrogen) atoms. The van der Waals surface area contributed by atoms with Crippen LogP contribution >= 0.6 is 0 Å². The summed E-state index contributed by atoms with van der Waals surface area (Å²) < 4.78 is 0. The molecule has 2 atom stereocenters. The SMILES string of the molecule is C=CC(C)C(N)(CCC)C(=O)O. The van der Waals surface area contributed by atoms with E-state index < -0.39 is 11.5 Å². The molecular weight excluding hydrogens is 154 g/mol. The highest BCUT2D eigenvalue weighted by Crippen LogP contribution is 2.21. The van der Waals surface area contributed by atoms with E-state index in [1.807, 2.05) is 6.92 Å². The molecule has 0 aromatic rings. The summed E-state index contributed by atoms with van der Waals surface area (Å²) in [7, 11) is 0. The number of carboxylic acid groups (broad SMARTS) is 1. The molecule has 0 heterocycles. The van der Waals surface area contributed by atoms with Gasteiger partial charge in [-0.15, -0.1) is 6.58 Å². The lowest BCUT2D eigenvalue weighted by molar-refractivity contribution is -0.145. The van der Waals surface area contributed by atoms with E-state index in [0.29, 0.717) is 6.42 Å². The first-order chi connectivity index (χ1) is 5.49. The van der Waals surface area contributed by atoms with Crippen LogP contribution in [-0.2, 0) is 4.79 Å². The first-order valence-corrected chi connectivity index (χ1v) is 4.13. The molecule has 0 aromatic heterocycles. The smallest absolute Gasteiger partial charge is 0.324 e. The monoisotopic (exact) mass is 171 g/mol. The predicted molar refractivity (Wildman–Crippen MR) is 48.8 cm³/mol. The zero-order valence-corrected chi connectivity index (χ0v) is 7.71. The number of hydrogen-bond acceptors (Lipinski definition) is 2. The summed E-state index contributed by atoms with van der Waals surface area (Å²) in [6.45, 7) is 7.24. The fourth-order valence-electron chi connectivity index (χ4n) is 1.15. The van der Waals surface area contributed by atoms with Gasteiger partial charge in [0.25, 0.3) is 0 Å². The number of aliphatic carboxylic acids is 1. The molecule has 3 nitrogen and oxygen atoms in total. The van der Waals surface area contributed by atoms with Gasteiger partial charge in [0, 0.05) is 5.92 Å². The molecule has 3 N–H and O–H groups in total. The Hall–Kier alpha value is -0.830. The second kappa shape index (κ2) is 4.26. The molecule has 0 aromatic carbocycles. The van der Waals surface area contributed by atoms with Crippen LogP contribution in [0, 0.1) is 5.92 Å². The molecule has 0 rings (SSSR count). The summed E-state index contributed by atoms with van der Waals surface area (Å²) in [6.07, 6.45) is 2.83. The van der Waals surface area contributed by atoms with Crippen LogP contribution in [0.4, 0.5) is 0 Å². The summed E-state index contributed by atoms with van der Waals surface area (Å²) in [6, 6.07) is 0. The lowest BCUT2D eigenvalue weighted by atomic mass is 9.82. The van der Waals surface area contributed by atoms with E-state index in [4.69, 9.17) is 10.8 Å². The van der Waals surface area contributed by atoms with Gasteiger partial charge in [-0.1, -0.05) is 26.3 Å². The Labute approximate surface area is 73.3 Å². The molecule has 0 bridgehead atoms. The van der Waals surface area contributed by atoms with Gasteiger partial charge in [0.2, 0.25) is 0 Å². The minimum atomic E-state index is -1.14. The lowest BCUT2D eigenvalue weighted by Crippen LogP contribution is -2.52. The zero-order valence-electron chi connectivity index (χ0n) is 7.71. The molecule has 0 aliphatic rings. The fraction of sp³-hybridized carbons (Fsp3) is 0.667. The molecule has 0 saturated carbocycles. The number of carboxylic acids is 1. The van der Waals surface area contributed by atoms with Gasteiger partial charge in [0.15, 0.2) is 0 Å². The highest BCUT2D eigenvalue weighted by molar-refractivity contribution is 5.79. The van der Waals surface area contributed by atoms with Crippen molar-refractivity contribution < 1.29 is 9.90 Å². The molecule has 0 fully saturated rings. The molecule has 70 valence electrons. The molecule has 0 radical (unpaired) electrons. The summed E-state index contributed by atoms with van der Waals surface area (Å²) in [5, 5.41) is 8.89. The molecular formula is C9H17NO2. The molecule has 0 saturated heterocycles. The van der Waals surface area contributed by atoms with E-state index in [2.05, 4.69) is 6.58 Å². The third-order valence-electron chi connectivity index (χ3n) is 2.23. The van der Waals surface area contributed by atoms with Crippen molar-refractivity contribution in [2.45, 2.75) is 32.2 Å². The van der Waals surface area contributed by atoms with Gasteiger partial charge < -0.3 is 10.8 Å². The van der Waals surface area contributed by atoms with Crippen molar-refractivity contribution in [1.29, 1.82) is 0 Å². The standard InChI is InChI=1S/C9H17NO2/c1-4-6-9(10,8(11)12)7(3)5-2/h5,7H,2,4,6,10H2,1,3H3,(H,11,12). The van der Waals surface area contributed by atoms with Crippen LogP contribution in [0.3, 0.4) is 0 Å². The fourth-order valence-corrected chi connectivity index (χ4v) is 1.15. The van der Waals surface area contributed by atoms with Crippen molar-refractivity contribution >= 4 is 5.97 Å². The van der Waals surface area contributed by atoms with E-state index in [9.17, 15) is 4.79 Å². The Morgan fingerprint density at radius 3 is 2.58 bits per heavy atom. The van der Waals surface area contributed by atoms with Crippen LogP contribution in [0.15, 0.2) is 12.7 Å². The summed E-state index contributed by atoms with van der Waals surface area (Å²) in [5.74, 6) is -1.15. The van der Waals surface area contributed by atoms with Gasteiger partial charge in [0.1, 0.15) is 5.54 Å². The third kappa shape index (κ3) is 2.08. The summed E-state index contributed by atoms with van der Waals surface area (Å²) >= 11 is 0. The quantitative estimate of drug-likeness (QED) is 0.614. The van der Waals surface area contributed by atoms with Crippen molar-refractivity contribution in [3.8, 4) is 0 Å². The average Bonchev–Trinajstić information content (AvgIpc) is 2.03. The van der Waals surface area contributed by atoms with E-state index in [1.165, 1.54) is 0 Å². The molecule has 0 spiro atoms. The normalized spacial score (nSPS) is 17.9. The van der Waals surface area contributed by atoms with E-state index in [1.54, 1.807) is 13.0 Å². The average molecular weight is 171 g/mol. The van der Waals surface area contributed by atoms with Crippen molar-refractivity contribution in [2.75, 3.05) is 0 Å². The third-order valence-corrected chi connectivity index (χ3v) is 2.23. The minimum Gasteiger partial charge on any atom is -0.480 e. The Morgan fingerprint density at radius 1 is 1.83 bits per heavy atom. The van der Waals surface area contributed by atoms with Crippen LogP contribution in [0.5, 0.6) is 0 Å². The molecule has 3 heteroatoms. The van der Waals surface area contributed by atoms with E-state index >= 15 is 0 Å². The molecule has 2 unspecified atom stereocenters. The highest BCUT2D eigenvalue weighted by Gasteiger charge is 2.37. The summed E-state index contributed by atoms with van der Waals surface area (Å²) in [4.78, 5) is 10.8. The Morgan fingerprint density at radius 2 is 2.33 bits per heavy atom. The number of nitrogens with two attached hydrogens (primary N) is 1. The van der Waals surface area contributed by atoms with Gasteiger partial charge in [-0.3, -0.25) is 4.79 Å². The van der Waals surface area contributed by atoms with E-state index in [0.717, 1.165) is 6.42 Å². The number of hydrogen-bond donors (Lipinski definition) is 2. The zero-order chi connectivity index (χ0) is 9.78. The molecule has 0 amide bonds. The topological polar surface area (TPSA) is 63.3 Å². The van der Waals surface area contributed by atoms with Crippen molar-refractivity contribution in [2.24, 2.45) is 11.7 Å². The lowest BCUT2D eigenvalue weighted by Gasteiger charge is -2.28. The van der Waals surface area contributed by atoms with E-state index in [-0.39, 0.29) is 5.92 Å². The largest absolute Gasteiger partial charge is 0.480 e. The first-order valence-electron chi connectivity index (χ1n) is 4.13. The maximum Gasteiger partial charge on any atom is 0.324 e. The van der Waals surface area contributed by atoms with Crippen LogP contribution < -0.4 is 5.73 Å². The predicted octanol–water partition coefficient (Wildman–Crippen LogP) is 1.39. The second-order valence-electron chi connectivity index (χ2n) is 3.12. The van der Waals surface area contributed by atoms with Gasteiger partial charge in [0.05, 0.1) is 0 Å². The Bertz CT molecular complexity index is 179. The van der Waals surface area contributed by atoms with Crippen molar-refractivity contribution in [3.63, 3.8) is 0 Å². The van der Waals surface area contributed by atoms with Crippen LogP contribution in [0.25, 0.3) is 0 Å². The van der Waals surface area contributed by atoms with Gasteiger partial charge in [-0.2, -0.15) is 0 Å². The van der Waals surface area contributed by atoms with Crippen molar-refractivity contribution in [3.05, 3.63) is 12.7 Å². The Kier molecular flexibility index (Phi) is 3.96. The Balaban J connectivity index is 4.59. The van der Waals surface area contributed by atoms with Gasteiger partial charge in [-0.25, -0.2) is 0 Å². The van der Waals surface area contributed by atoms with Gasteiger partial charge in [-0.05, 0) is 6.42 Å². The molecule has 0 aliphatic carbocycles. The van der Waals surface area contributed by atoms with Crippen molar-refractivity contribution in [1.82, 2.24) is 0 Å². The number of rotatable bonds is 5. The number of carbonyl (C=O) groups is 1. The van der Waals surface area contributed by atoms with Crippen LogP contribution in [0.1, 0.15) is 26.7 Å². The first kappa shape index (κ1) is 11.2. The maximum atomic E-state index is 10.8. The minimum absolute atomic E-state index is 0.199. The van der Waals surface area contributed by atoms with Crippen LogP contribution in [0.2, 0.25) is 0 Å². The van der Waals surface area contributed by atoms with Gasteiger partial charge >= 0.3 is 5.97 Å². The van der Waals surface area contributed by atoms with Crippen LogP contribution in [-0.4, -0.2) is 16.6 Å². The molecule has 0 aliphatic heterocycles. The summed E-state index contributed by atoms with van der Waals surface area (Å²) in [5.41, 5.74) is 4.59.